The molecule has 0 atom stereocenters. The molecule has 1 fully saturated rings. The number of benzene rings is 2. The fourth-order valence-electron chi connectivity index (χ4n) is 3.59. The Balaban J connectivity index is 1.51. The molecule has 0 spiro atoms. The Morgan fingerprint density at radius 2 is 1.59 bits per heavy atom. The summed E-state index contributed by atoms with van der Waals surface area (Å²) in [6, 6.07) is 12.6. The van der Waals surface area contributed by atoms with Crippen LogP contribution in [0.4, 0.5) is 17.1 Å². The maximum absolute atomic E-state index is 12.6. The molecule has 2 aromatic rings. The lowest BCUT2D eigenvalue weighted by Gasteiger charge is -2.30. The van der Waals surface area contributed by atoms with E-state index in [9.17, 15) is 14.4 Å². The van der Waals surface area contributed by atoms with Gasteiger partial charge in [0.25, 0.3) is 5.91 Å². The van der Waals surface area contributed by atoms with Crippen LogP contribution < -0.4 is 16.0 Å². The second-order valence-corrected chi connectivity index (χ2v) is 8.39. The number of carbonyl (C=O) groups is 3. The van der Waals surface area contributed by atoms with Crippen molar-refractivity contribution in [2.75, 3.05) is 35.6 Å². The van der Waals surface area contributed by atoms with Gasteiger partial charge in [-0.1, -0.05) is 19.9 Å². The van der Waals surface area contributed by atoms with E-state index in [0.29, 0.717) is 29.3 Å². The van der Waals surface area contributed by atoms with Crippen LogP contribution in [0, 0.1) is 12.8 Å². The fraction of sp³-hybridized carbons (Fsp3) is 0.400. The molecule has 1 heterocycles. The SMILES string of the molecule is CCC(=O)Nc1cc(NC(=O)CNc2ccc(C(=O)N3CCC(C)CC3)cc2)ccc1C. The second-order valence-electron chi connectivity index (χ2n) is 8.39. The quantitative estimate of drug-likeness (QED) is 0.605. The van der Waals surface area contributed by atoms with Crippen LogP contribution in [-0.4, -0.2) is 42.3 Å². The van der Waals surface area contributed by atoms with Crippen molar-refractivity contribution in [1.82, 2.24) is 4.90 Å². The number of carbonyl (C=O) groups excluding carboxylic acids is 3. The van der Waals surface area contributed by atoms with Crippen molar-refractivity contribution in [3.63, 3.8) is 0 Å². The number of hydrogen-bond donors (Lipinski definition) is 3. The fourth-order valence-corrected chi connectivity index (χ4v) is 3.59. The van der Waals surface area contributed by atoms with Crippen LogP contribution in [0.15, 0.2) is 42.5 Å². The number of aryl methyl sites for hydroxylation is 1. The van der Waals surface area contributed by atoms with E-state index in [1.165, 1.54) is 0 Å². The molecule has 7 heteroatoms. The summed E-state index contributed by atoms with van der Waals surface area (Å²) in [5.74, 6) is 0.462. The number of nitrogens with one attached hydrogen (secondary N) is 3. The van der Waals surface area contributed by atoms with Crippen LogP contribution in [0.25, 0.3) is 0 Å². The number of anilines is 3. The highest BCUT2D eigenvalue weighted by molar-refractivity contribution is 5.97. The van der Waals surface area contributed by atoms with E-state index in [1.807, 2.05) is 30.0 Å². The number of rotatable bonds is 7. The molecule has 0 aromatic heterocycles. The predicted octanol–water partition coefficient (Wildman–Crippen LogP) is 4.27. The van der Waals surface area contributed by atoms with E-state index >= 15 is 0 Å². The molecule has 0 unspecified atom stereocenters. The first kappa shape index (κ1) is 23.3. The third kappa shape index (κ3) is 6.33. The van der Waals surface area contributed by atoms with Crippen molar-refractivity contribution in [2.24, 2.45) is 5.92 Å². The molecule has 170 valence electrons. The van der Waals surface area contributed by atoms with Crippen LogP contribution in [0.1, 0.15) is 49.0 Å². The Morgan fingerprint density at radius 1 is 0.938 bits per heavy atom. The summed E-state index contributed by atoms with van der Waals surface area (Å²) in [4.78, 5) is 38.6. The molecule has 0 bridgehead atoms. The van der Waals surface area contributed by atoms with Crippen molar-refractivity contribution >= 4 is 34.8 Å². The van der Waals surface area contributed by atoms with Crippen molar-refractivity contribution in [3.8, 4) is 0 Å². The summed E-state index contributed by atoms with van der Waals surface area (Å²) in [5, 5.41) is 8.75. The van der Waals surface area contributed by atoms with Gasteiger partial charge in [-0.3, -0.25) is 14.4 Å². The van der Waals surface area contributed by atoms with Crippen molar-refractivity contribution < 1.29 is 14.4 Å². The first-order valence-corrected chi connectivity index (χ1v) is 11.2. The van der Waals surface area contributed by atoms with Gasteiger partial charge in [-0.15, -0.1) is 0 Å². The summed E-state index contributed by atoms with van der Waals surface area (Å²) in [7, 11) is 0. The molecule has 3 amide bonds. The summed E-state index contributed by atoms with van der Waals surface area (Å²) >= 11 is 0. The molecule has 32 heavy (non-hydrogen) atoms. The summed E-state index contributed by atoms with van der Waals surface area (Å²) in [6.45, 7) is 7.62. The van der Waals surface area contributed by atoms with E-state index in [0.717, 1.165) is 37.2 Å². The zero-order valence-corrected chi connectivity index (χ0v) is 19.0. The van der Waals surface area contributed by atoms with Crippen molar-refractivity contribution in [3.05, 3.63) is 53.6 Å². The first-order chi connectivity index (χ1) is 15.4. The predicted molar refractivity (Wildman–Crippen MR) is 128 cm³/mol. The first-order valence-electron chi connectivity index (χ1n) is 11.2. The van der Waals surface area contributed by atoms with Crippen LogP contribution in [-0.2, 0) is 9.59 Å². The molecule has 7 nitrogen and oxygen atoms in total. The average molecular weight is 437 g/mol. The molecule has 1 aliphatic rings. The number of nitrogens with zero attached hydrogens (tertiary/aromatic N) is 1. The lowest BCUT2D eigenvalue weighted by molar-refractivity contribution is -0.116. The van der Waals surface area contributed by atoms with Crippen LogP contribution in [0.5, 0.6) is 0 Å². The second kappa shape index (κ2) is 10.8. The topological polar surface area (TPSA) is 90.5 Å². The lowest BCUT2D eigenvalue weighted by atomic mass is 9.98. The maximum atomic E-state index is 12.6. The molecule has 0 saturated carbocycles. The molecular weight excluding hydrogens is 404 g/mol. The van der Waals surface area contributed by atoms with Gasteiger partial charge in [-0.05, 0) is 67.6 Å². The zero-order chi connectivity index (χ0) is 23.1. The monoisotopic (exact) mass is 436 g/mol. The summed E-state index contributed by atoms with van der Waals surface area (Å²) < 4.78 is 0. The van der Waals surface area contributed by atoms with E-state index in [-0.39, 0.29) is 24.3 Å². The van der Waals surface area contributed by atoms with E-state index in [1.54, 1.807) is 31.2 Å². The third-order valence-corrected chi connectivity index (χ3v) is 5.77. The lowest BCUT2D eigenvalue weighted by Crippen LogP contribution is -2.37. The normalized spacial score (nSPS) is 14.0. The largest absolute Gasteiger partial charge is 0.376 e. The number of piperidine rings is 1. The van der Waals surface area contributed by atoms with Gasteiger partial charge in [0.2, 0.25) is 11.8 Å². The molecule has 2 aromatic carbocycles. The van der Waals surface area contributed by atoms with E-state index in [2.05, 4.69) is 22.9 Å². The average Bonchev–Trinajstić information content (AvgIpc) is 2.80. The Bertz CT molecular complexity index is 964. The summed E-state index contributed by atoms with van der Waals surface area (Å²) in [6.07, 6.45) is 2.49. The Hall–Kier alpha value is -3.35. The number of likely N-dealkylation sites (tertiary alicyclic amines) is 1. The highest BCUT2D eigenvalue weighted by atomic mass is 16.2. The van der Waals surface area contributed by atoms with Crippen LogP contribution in [0.2, 0.25) is 0 Å². The maximum Gasteiger partial charge on any atom is 0.253 e. The standard InChI is InChI=1S/C25H32N4O3/c1-4-23(30)28-22-15-21(8-5-18(22)3)27-24(31)16-26-20-9-6-19(7-10-20)25(32)29-13-11-17(2)12-14-29/h5-10,15,17,26H,4,11-14,16H2,1-3H3,(H,27,31)(H,28,30). The molecular formula is C25H32N4O3. The van der Waals surface area contributed by atoms with Crippen molar-refractivity contribution in [1.29, 1.82) is 0 Å². The van der Waals surface area contributed by atoms with Gasteiger partial charge in [-0.25, -0.2) is 0 Å². The van der Waals surface area contributed by atoms with E-state index in [4.69, 9.17) is 0 Å². The van der Waals surface area contributed by atoms with Gasteiger partial charge in [0, 0.05) is 42.1 Å². The van der Waals surface area contributed by atoms with Gasteiger partial charge in [0.05, 0.1) is 6.54 Å². The molecule has 1 aliphatic heterocycles. The number of hydrogen-bond acceptors (Lipinski definition) is 4. The van der Waals surface area contributed by atoms with Crippen LogP contribution in [0.3, 0.4) is 0 Å². The zero-order valence-electron chi connectivity index (χ0n) is 19.0. The van der Waals surface area contributed by atoms with Gasteiger partial charge in [0.15, 0.2) is 0 Å². The summed E-state index contributed by atoms with van der Waals surface area (Å²) in [5.41, 5.74) is 3.66. The van der Waals surface area contributed by atoms with Gasteiger partial charge >= 0.3 is 0 Å². The molecule has 3 rings (SSSR count). The smallest absolute Gasteiger partial charge is 0.253 e. The Kier molecular flexibility index (Phi) is 7.87. The van der Waals surface area contributed by atoms with Crippen molar-refractivity contribution in [2.45, 2.75) is 40.0 Å². The van der Waals surface area contributed by atoms with Gasteiger partial charge < -0.3 is 20.9 Å². The highest BCUT2D eigenvalue weighted by Gasteiger charge is 2.21. The Labute approximate surface area is 189 Å². The van der Waals surface area contributed by atoms with E-state index < -0.39 is 0 Å². The van der Waals surface area contributed by atoms with Crippen LogP contribution >= 0.6 is 0 Å². The van der Waals surface area contributed by atoms with Gasteiger partial charge in [-0.2, -0.15) is 0 Å². The molecule has 0 aliphatic carbocycles. The van der Waals surface area contributed by atoms with Gasteiger partial charge in [0.1, 0.15) is 0 Å². The minimum absolute atomic E-state index is 0.0616. The third-order valence-electron chi connectivity index (χ3n) is 5.77. The minimum Gasteiger partial charge on any atom is -0.376 e. The highest BCUT2D eigenvalue weighted by Crippen LogP contribution is 2.21. The molecule has 0 radical (unpaired) electrons. The molecule has 1 saturated heterocycles. The molecule has 3 N–H and O–H groups in total. The minimum atomic E-state index is -0.204. The Morgan fingerprint density at radius 3 is 2.25 bits per heavy atom. The number of amides is 3.